The van der Waals surface area contributed by atoms with Crippen molar-refractivity contribution in [1.82, 2.24) is 4.90 Å². The monoisotopic (exact) mass is 493 g/mol. The standard InChI is InChI=1S/C19H31N3O2S.HI/c1-15-6-5-12-22(14-15)18(20)21-11-13-25(23,24)17-9-7-16(8-10-17)19(2,3)4;/h7-10,15H,5-6,11-14H2,1-4H3,(H2,20,21);1H. The summed E-state index contributed by atoms with van der Waals surface area (Å²) in [4.78, 5) is 6.69. The smallest absolute Gasteiger partial charge is 0.191 e. The van der Waals surface area contributed by atoms with Crippen LogP contribution in [0.3, 0.4) is 0 Å². The first-order valence-corrected chi connectivity index (χ1v) is 10.6. The van der Waals surface area contributed by atoms with Crippen molar-refractivity contribution in [3.8, 4) is 0 Å². The van der Waals surface area contributed by atoms with Gasteiger partial charge in [-0.3, -0.25) is 4.99 Å². The number of halogens is 1. The molecule has 2 N–H and O–H groups in total. The minimum atomic E-state index is -3.34. The molecule has 2 rings (SSSR count). The molecule has 0 saturated carbocycles. The zero-order valence-electron chi connectivity index (χ0n) is 16.2. The SMILES string of the molecule is CC1CCCN(C(N)=NCCS(=O)(=O)c2ccc(C(C)(C)C)cc2)C1.I. The van der Waals surface area contributed by atoms with E-state index in [-0.39, 0.29) is 41.7 Å². The maximum atomic E-state index is 12.5. The van der Waals surface area contributed by atoms with Crippen LogP contribution >= 0.6 is 24.0 Å². The third kappa shape index (κ3) is 6.40. The number of rotatable bonds is 4. The summed E-state index contributed by atoms with van der Waals surface area (Å²) < 4.78 is 25.0. The molecule has 26 heavy (non-hydrogen) atoms. The van der Waals surface area contributed by atoms with E-state index in [2.05, 4.69) is 37.6 Å². The molecule has 1 aromatic carbocycles. The Hall–Kier alpha value is -0.830. The second-order valence-electron chi connectivity index (χ2n) is 8.03. The lowest BCUT2D eigenvalue weighted by Crippen LogP contribution is -2.43. The molecule has 1 aliphatic rings. The minimum absolute atomic E-state index is 0. The number of aliphatic imine (C=N–C) groups is 1. The van der Waals surface area contributed by atoms with Crippen LogP contribution in [-0.2, 0) is 15.3 Å². The van der Waals surface area contributed by atoms with Gasteiger partial charge in [-0.05, 0) is 41.9 Å². The summed E-state index contributed by atoms with van der Waals surface area (Å²) in [7, 11) is -3.34. The summed E-state index contributed by atoms with van der Waals surface area (Å²) in [6.45, 7) is 10.5. The first kappa shape index (κ1) is 23.2. The third-order valence-corrected chi connectivity index (χ3v) is 6.40. The predicted molar refractivity (Wildman–Crippen MR) is 119 cm³/mol. The second-order valence-corrected chi connectivity index (χ2v) is 10.1. The van der Waals surface area contributed by atoms with Gasteiger partial charge in [-0.15, -0.1) is 24.0 Å². The summed E-state index contributed by atoms with van der Waals surface area (Å²) in [5, 5.41) is 0. The maximum absolute atomic E-state index is 12.5. The van der Waals surface area contributed by atoms with Crippen LogP contribution in [0, 0.1) is 5.92 Å². The number of likely N-dealkylation sites (tertiary alicyclic amines) is 1. The van der Waals surface area contributed by atoms with Gasteiger partial charge < -0.3 is 10.6 Å². The lowest BCUT2D eigenvalue weighted by Gasteiger charge is -2.31. The Balaban J connectivity index is 0.00000338. The summed E-state index contributed by atoms with van der Waals surface area (Å²) in [6.07, 6.45) is 2.32. The van der Waals surface area contributed by atoms with Crippen molar-refractivity contribution in [2.45, 2.75) is 50.8 Å². The molecule has 0 aliphatic carbocycles. The third-order valence-electron chi connectivity index (χ3n) is 4.69. The molecule has 1 aromatic rings. The Bertz CT molecular complexity index is 709. The Morgan fingerprint density at radius 2 is 1.88 bits per heavy atom. The molecule has 1 heterocycles. The van der Waals surface area contributed by atoms with Gasteiger partial charge in [0.1, 0.15) is 0 Å². The molecule has 0 bridgehead atoms. The quantitative estimate of drug-likeness (QED) is 0.396. The first-order chi connectivity index (χ1) is 11.6. The zero-order chi connectivity index (χ0) is 18.7. The zero-order valence-corrected chi connectivity index (χ0v) is 19.4. The minimum Gasteiger partial charge on any atom is -0.370 e. The number of hydrogen-bond acceptors (Lipinski definition) is 3. The number of nitrogens with two attached hydrogens (primary N) is 1. The van der Waals surface area contributed by atoms with Crippen molar-refractivity contribution in [1.29, 1.82) is 0 Å². The lowest BCUT2D eigenvalue weighted by molar-refractivity contribution is 0.270. The van der Waals surface area contributed by atoms with Crippen molar-refractivity contribution in [3.63, 3.8) is 0 Å². The fraction of sp³-hybridized carbons (Fsp3) is 0.632. The number of nitrogens with zero attached hydrogens (tertiary/aromatic N) is 2. The van der Waals surface area contributed by atoms with Crippen LogP contribution in [0.5, 0.6) is 0 Å². The van der Waals surface area contributed by atoms with Crippen molar-refractivity contribution < 1.29 is 8.42 Å². The highest BCUT2D eigenvalue weighted by Crippen LogP contribution is 2.23. The molecule has 0 amide bonds. The molecule has 1 unspecified atom stereocenters. The average molecular weight is 493 g/mol. The molecule has 5 nitrogen and oxygen atoms in total. The van der Waals surface area contributed by atoms with Crippen LogP contribution in [0.4, 0.5) is 0 Å². The fourth-order valence-corrected chi connectivity index (χ4v) is 4.18. The van der Waals surface area contributed by atoms with Crippen molar-refractivity contribution >= 4 is 39.8 Å². The topological polar surface area (TPSA) is 75.8 Å². The first-order valence-electron chi connectivity index (χ1n) is 8.98. The van der Waals surface area contributed by atoms with E-state index < -0.39 is 9.84 Å². The van der Waals surface area contributed by atoms with Gasteiger partial charge in [0.2, 0.25) is 0 Å². The number of guanidine groups is 1. The van der Waals surface area contributed by atoms with Crippen LogP contribution in [0.2, 0.25) is 0 Å². The molecule has 1 fully saturated rings. The molecule has 0 aromatic heterocycles. The van der Waals surface area contributed by atoms with Gasteiger partial charge in [0.05, 0.1) is 17.2 Å². The van der Waals surface area contributed by atoms with Gasteiger partial charge in [0.15, 0.2) is 15.8 Å². The van der Waals surface area contributed by atoms with Gasteiger partial charge in [-0.1, -0.05) is 39.8 Å². The van der Waals surface area contributed by atoms with E-state index in [4.69, 9.17) is 5.73 Å². The molecular formula is C19H32IN3O2S. The number of sulfone groups is 1. The van der Waals surface area contributed by atoms with Crippen LogP contribution in [-0.4, -0.2) is 44.7 Å². The highest BCUT2D eigenvalue weighted by molar-refractivity contribution is 14.0. The lowest BCUT2D eigenvalue weighted by atomic mass is 9.87. The van der Waals surface area contributed by atoms with Gasteiger partial charge in [-0.2, -0.15) is 0 Å². The predicted octanol–water partition coefficient (Wildman–Crippen LogP) is 3.42. The molecule has 1 saturated heterocycles. The molecular weight excluding hydrogens is 461 g/mol. The van der Waals surface area contributed by atoms with E-state index in [0.29, 0.717) is 16.8 Å². The number of piperidine rings is 1. The van der Waals surface area contributed by atoms with Crippen molar-refractivity contribution in [3.05, 3.63) is 29.8 Å². The van der Waals surface area contributed by atoms with E-state index in [1.807, 2.05) is 12.1 Å². The Morgan fingerprint density at radius 3 is 2.42 bits per heavy atom. The van der Waals surface area contributed by atoms with E-state index in [0.717, 1.165) is 25.1 Å². The van der Waals surface area contributed by atoms with Gasteiger partial charge in [0.25, 0.3) is 0 Å². The number of hydrogen-bond donors (Lipinski definition) is 1. The van der Waals surface area contributed by atoms with E-state index in [9.17, 15) is 8.42 Å². The molecule has 1 atom stereocenters. The molecule has 1 aliphatic heterocycles. The highest BCUT2D eigenvalue weighted by Gasteiger charge is 2.19. The molecule has 0 spiro atoms. The number of benzene rings is 1. The van der Waals surface area contributed by atoms with Crippen molar-refractivity contribution in [2.75, 3.05) is 25.4 Å². The highest BCUT2D eigenvalue weighted by atomic mass is 127. The maximum Gasteiger partial charge on any atom is 0.191 e. The van der Waals surface area contributed by atoms with Gasteiger partial charge >= 0.3 is 0 Å². The van der Waals surface area contributed by atoms with Crippen LogP contribution in [0.25, 0.3) is 0 Å². The summed E-state index contributed by atoms with van der Waals surface area (Å²) in [6, 6.07) is 7.16. The average Bonchev–Trinajstić information content (AvgIpc) is 2.54. The summed E-state index contributed by atoms with van der Waals surface area (Å²) in [5.74, 6) is 1.05. The summed E-state index contributed by atoms with van der Waals surface area (Å²) in [5.41, 5.74) is 7.15. The van der Waals surface area contributed by atoms with Crippen LogP contribution in [0.15, 0.2) is 34.2 Å². The largest absolute Gasteiger partial charge is 0.370 e. The Labute approximate surface area is 175 Å². The van der Waals surface area contributed by atoms with E-state index in [1.54, 1.807) is 12.1 Å². The molecule has 7 heteroatoms. The summed E-state index contributed by atoms with van der Waals surface area (Å²) >= 11 is 0. The normalized spacial score (nSPS) is 19.2. The van der Waals surface area contributed by atoms with Gasteiger partial charge in [-0.25, -0.2) is 8.42 Å². The van der Waals surface area contributed by atoms with Crippen molar-refractivity contribution in [2.24, 2.45) is 16.6 Å². The molecule has 148 valence electrons. The Morgan fingerprint density at radius 1 is 1.27 bits per heavy atom. The fourth-order valence-electron chi connectivity index (χ4n) is 3.06. The Kier molecular flexibility index (Phi) is 8.38. The molecule has 0 radical (unpaired) electrons. The van der Waals surface area contributed by atoms with Crippen LogP contribution < -0.4 is 5.73 Å². The second kappa shape index (κ2) is 9.39. The van der Waals surface area contributed by atoms with E-state index in [1.165, 1.54) is 6.42 Å². The van der Waals surface area contributed by atoms with Gasteiger partial charge in [0, 0.05) is 13.1 Å². The van der Waals surface area contributed by atoms with E-state index >= 15 is 0 Å². The van der Waals surface area contributed by atoms with Crippen LogP contribution in [0.1, 0.15) is 46.1 Å².